The quantitative estimate of drug-likeness (QED) is 0.0307. The van der Waals surface area contributed by atoms with Gasteiger partial charge in [-0.15, -0.1) is 0 Å². The van der Waals surface area contributed by atoms with E-state index in [9.17, 15) is 75.7 Å². The Morgan fingerprint density at radius 1 is 0.634 bits per heavy atom. The summed E-state index contributed by atoms with van der Waals surface area (Å²) in [5.74, 6) is -6.14. The molecule has 0 aromatic heterocycles. The van der Waals surface area contributed by atoms with Gasteiger partial charge in [0.25, 0.3) is 5.79 Å². The summed E-state index contributed by atoms with van der Waals surface area (Å²) in [6.45, 7) is 2.10. The molecule has 18 atom stereocenters. The molecule has 0 radical (unpaired) electrons. The Morgan fingerprint density at radius 2 is 1.13 bits per heavy atom. The van der Waals surface area contributed by atoms with Crippen molar-refractivity contribution in [2.24, 2.45) is 0 Å². The minimum absolute atomic E-state index is 0.204. The van der Waals surface area contributed by atoms with Crippen molar-refractivity contribution < 1.29 is 104 Å². The number of carboxylic acid groups (broad SMARTS) is 1. The van der Waals surface area contributed by atoms with Crippen LogP contribution in [0.2, 0.25) is 0 Å². The summed E-state index contributed by atoms with van der Waals surface area (Å²) in [6.07, 6.45) is 5.61. The number of carbonyl (C=O) groups is 3. The van der Waals surface area contributed by atoms with E-state index in [1.807, 2.05) is 6.08 Å². The zero-order valence-electron chi connectivity index (χ0n) is 49.3. The van der Waals surface area contributed by atoms with Crippen molar-refractivity contribution in [3.05, 3.63) is 12.2 Å². The van der Waals surface area contributed by atoms with Crippen molar-refractivity contribution in [2.75, 3.05) is 26.4 Å². The van der Waals surface area contributed by atoms with Gasteiger partial charge in [-0.2, -0.15) is 0 Å². The van der Waals surface area contributed by atoms with Crippen LogP contribution in [-0.2, 0) is 42.8 Å². The van der Waals surface area contributed by atoms with E-state index < -0.39 is 155 Å². The number of aliphatic carboxylic acids is 1. The first-order valence-electron chi connectivity index (χ1n) is 31.1. The Kier molecular flexibility index (Phi) is 37.4. The van der Waals surface area contributed by atoms with Crippen molar-refractivity contribution in [2.45, 2.75) is 317 Å². The fourth-order valence-electron chi connectivity index (χ4n) is 10.9. The number of amides is 2. The molecule has 82 heavy (non-hydrogen) atoms. The molecular weight excluding hydrogens is 1070 g/mol. The van der Waals surface area contributed by atoms with Crippen LogP contribution in [0.5, 0.6) is 0 Å². The van der Waals surface area contributed by atoms with Gasteiger partial charge in [-0.25, -0.2) is 4.79 Å². The highest BCUT2D eigenvalue weighted by Crippen LogP contribution is 2.38. The lowest BCUT2D eigenvalue weighted by molar-refractivity contribution is -0.386. The van der Waals surface area contributed by atoms with Gasteiger partial charge in [0.1, 0.15) is 67.1 Å². The predicted molar refractivity (Wildman–Crippen MR) is 301 cm³/mol. The van der Waals surface area contributed by atoms with Gasteiger partial charge in [0.2, 0.25) is 11.8 Å². The van der Waals surface area contributed by atoms with Crippen LogP contribution in [0.25, 0.3) is 0 Å². The third-order valence-corrected chi connectivity index (χ3v) is 16.0. The average Bonchev–Trinajstić information content (AvgIpc) is 3.65. The van der Waals surface area contributed by atoms with E-state index in [-0.39, 0.29) is 12.3 Å². The van der Waals surface area contributed by atoms with Crippen LogP contribution in [0.15, 0.2) is 12.2 Å². The molecule has 2 amide bonds. The number of hydrogen-bond donors (Lipinski definition) is 14. The molecule has 0 aliphatic carbocycles. The van der Waals surface area contributed by atoms with E-state index in [1.165, 1.54) is 116 Å². The number of rotatable bonds is 45. The number of aliphatic hydroxyl groups excluding tert-OH is 11. The molecule has 3 fully saturated rings. The van der Waals surface area contributed by atoms with Crippen LogP contribution in [0.3, 0.4) is 0 Å². The van der Waals surface area contributed by atoms with Gasteiger partial charge in [0, 0.05) is 19.8 Å². The number of unbranched alkanes of at least 4 members (excludes halogenated alkanes) is 25. The first kappa shape index (κ1) is 73.7. The SMILES string of the molecule is CCCCCCCCCCCCC/C=C/[C@@H](O)[C@H](CO[C@@H]1O[C@H](CO)[C@@H](O[C@@H]2O[C@H](CO)[C@H](O)[C@H](O[C@]3(C(=O)O)C[C@H](O)[C@@H](NC(C)=O)C([C@H](O)[C@H](O)CO)O3)[C@H]2O)[C@H](O)C1O)NC(=O)CCCCCCCCCCCCCCCCC. The molecular formula is C59H108N2O21. The second kappa shape index (κ2) is 41.5. The van der Waals surface area contributed by atoms with Crippen LogP contribution in [0.4, 0.5) is 0 Å². The summed E-state index contributed by atoms with van der Waals surface area (Å²) >= 11 is 0. The number of ether oxygens (including phenoxy) is 6. The van der Waals surface area contributed by atoms with Crippen molar-refractivity contribution in [1.29, 1.82) is 0 Å². The van der Waals surface area contributed by atoms with Gasteiger partial charge in [0.15, 0.2) is 12.6 Å². The van der Waals surface area contributed by atoms with Crippen molar-refractivity contribution in [3.63, 3.8) is 0 Å². The lowest BCUT2D eigenvalue weighted by Crippen LogP contribution is -2.70. The van der Waals surface area contributed by atoms with E-state index in [0.29, 0.717) is 12.8 Å². The van der Waals surface area contributed by atoms with E-state index in [1.54, 1.807) is 6.08 Å². The Labute approximate surface area is 486 Å². The molecule has 3 aliphatic rings. The second-order valence-corrected chi connectivity index (χ2v) is 22.9. The van der Waals surface area contributed by atoms with Crippen molar-refractivity contribution >= 4 is 17.8 Å². The molecule has 0 saturated carbocycles. The van der Waals surface area contributed by atoms with Gasteiger partial charge in [-0.1, -0.05) is 180 Å². The van der Waals surface area contributed by atoms with Crippen LogP contribution in [-0.4, -0.2) is 215 Å². The molecule has 3 rings (SSSR count). The highest BCUT2D eigenvalue weighted by atomic mass is 16.8. The minimum Gasteiger partial charge on any atom is -0.477 e. The molecule has 3 heterocycles. The number of allylic oxidation sites excluding steroid dienone is 1. The van der Waals surface area contributed by atoms with Crippen LogP contribution >= 0.6 is 0 Å². The standard InChI is InChI=1S/C59H108N2O21/c1-4-6-8-10-12-14-16-18-19-21-23-25-27-29-31-33-46(69)61-40(41(66)32-30-28-26-24-22-20-17-15-13-11-9-7-5-2)38-77-56-51(73)50(72)53(45(37-64)79-56)80-57-52(74)55(49(71)44(36-63)78-57)82-59(58(75)76)34-42(67)47(60-39(3)65)54(81-59)48(70)43(68)35-62/h30,32,40-45,47-57,62-64,66-68,70-74H,4-29,31,33-38H2,1-3H3,(H,60,65)(H,61,69)(H,75,76)/b32-30+/t40-,41+,42-,43+,44+,45+,47+,48+,49-,50+,51?,52+,53+,54?,55-,56+,57-,59-/m0/s1. The maximum Gasteiger partial charge on any atom is 0.364 e. The van der Waals surface area contributed by atoms with E-state index >= 15 is 0 Å². The minimum atomic E-state index is -3.08. The van der Waals surface area contributed by atoms with E-state index in [4.69, 9.17) is 28.4 Å². The Bertz CT molecular complexity index is 1740. The van der Waals surface area contributed by atoms with E-state index in [2.05, 4.69) is 24.5 Å². The Morgan fingerprint density at radius 3 is 1.62 bits per heavy atom. The topological polar surface area (TPSA) is 373 Å². The molecule has 0 aromatic carbocycles. The van der Waals surface area contributed by atoms with Gasteiger partial charge < -0.3 is 100 Å². The van der Waals surface area contributed by atoms with Gasteiger partial charge >= 0.3 is 5.97 Å². The van der Waals surface area contributed by atoms with Crippen molar-refractivity contribution in [1.82, 2.24) is 10.6 Å². The molecule has 0 spiro atoms. The second-order valence-electron chi connectivity index (χ2n) is 22.9. The largest absolute Gasteiger partial charge is 0.477 e. The summed E-state index contributed by atoms with van der Waals surface area (Å²) in [5, 5.41) is 135. The molecule has 23 heteroatoms. The Balaban J connectivity index is 1.67. The molecule has 0 bridgehead atoms. The third-order valence-electron chi connectivity index (χ3n) is 16.0. The number of carboxylic acids is 1. The smallest absolute Gasteiger partial charge is 0.364 e. The monoisotopic (exact) mass is 1180 g/mol. The third kappa shape index (κ3) is 25.4. The van der Waals surface area contributed by atoms with Gasteiger partial charge in [0.05, 0.1) is 50.7 Å². The molecule has 14 N–H and O–H groups in total. The molecule has 480 valence electrons. The summed E-state index contributed by atoms with van der Waals surface area (Å²) in [6, 6.07) is -2.61. The Hall–Kier alpha value is -2.53. The lowest BCUT2D eigenvalue weighted by atomic mass is 9.88. The summed E-state index contributed by atoms with van der Waals surface area (Å²) in [5.41, 5.74) is 0. The summed E-state index contributed by atoms with van der Waals surface area (Å²) in [4.78, 5) is 38.4. The first-order chi connectivity index (χ1) is 39.4. The van der Waals surface area contributed by atoms with E-state index in [0.717, 1.165) is 51.9 Å². The van der Waals surface area contributed by atoms with Gasteiger partial charge in [-0.3, -0.25) is 9.59 Å². The fraction of sp³-hybridized carbons (Fsp3) is 0.915. The summed E-state index contributed by atoms with van der Waals surface area (Å²) in [7, 11) is 0. The molecule has 3 saturated heterocycles. The van der Waals surface area contributed by atoms with Crippen LogP contribution in [0.1, 0.15) is 207 Å². The van der Waals surface area contributed by atoms with Crippen molar-refractivity contribution in [3.8, 4) is 0 Å². The number of aliphatic hydroxyl groups is 11. The predicted octanol–water partition coefficient (Wildman–Crippen LogP) is 3.17. The normalized spacial score (nSPS) is 30.2. The first-order valence-corrected chi connectivity index (χ1v) is 31.1. The summed E-state index contributed by atoms with van der Waals surface area (Å²) < 4.78 is 34.7. The maximum atomic E-state index is 13.4. The average molecular weight is 1180 g/mol. The zero-order chi connectivity index (χ0) is 60.5. The molecule has 3 aliphatic heterocycles. The highest BCUT2D eigenvalue weighted by Gasteiger charge is 2.60. The van der Waals surface area contributed by atoms with Crippen LogP contribution < -0.4 is 10.6 Å². The molecule has 23 nitrogen and oxygen atoms in total. The number of carbonyl (C=O) groups excluding carboxylic acids is 2. The fourth-order valence-corrected chi connectivity index (χ4v) is 10.9. The maximum absolute atomic E-state index is 13.4. The van der Waals surface area contributed by atoms with Crippen LogP contribution in [0, 0.1) is 0 Å². The molecule has 2 unspecified atom stereocenters. The molecule has 0 aromatic rings. The zero-order valence-corrected chi connectivity index (χ0v) is 49.3. The number of nitrogens with one attached hydrogen (secondary N) is 2. The van der Waals surface area contributed by atoms with Gasteiger partial charge in [-0.05, 0) is 19.3 Å². The number of hydrogen-bond acceptors (Lipinski definition) is 20. The highest BCUT2D eigenvalue weighted by molar-refractivity contribution is 5.77. The lowest BCUT2D eigenvalue weighted by Gasteiger charge is -2.50.